The number of carbonyl (C=O) groups is 2. The summed E-state index contributed by atoms with van der Waals surface area (Å²) in [7, 11) is 3.02. The molecule has 0 spiro atoms. The van der Waals surface area contributed by atoms with E-state index in [4.69, 9.17) is 37.4 Å². The standard InChI is InChI=1S/C20H20Cl2N2O5/c1-24(9-13-11-28-16-5-3-4-6-17(16)29-13)10-18(25)23-19-14(20(26)27-2)7-12(21)8-15(19)22/h3-8,13H,9-11H2,1-2H3,(H,23,25)/t13-/m0/s1. The van der Waals surface area contributed by atoms with Crippen LogP contribution in [0.25, 0.3) is 0 Å². The minimum absolute atomic E-state index is 0.0566. The zero-order valence-electron chi connectivity index (χ0n) is 15.9. The van der Waals surface area contributed by atoms with E-state index in [-0.39, 0.29) is 39.9 Å². The molecule has 7 nitrogen and oxygen atoms in total. The van der Waals surface area contributed by atoms with Gasteiger partial charge >= 0.3 is 5.97 Å². The fourth-order valence-corrected chi connectivity index (χ4v) is 3.50. The summed E-state index contributed by atoms with van der Waals surface area (Å²) in [5.41, 5.74) is 0.245. The Morgan fingerprint density at radius 1 is 1.24 bits per heavy atom. The molecule has 29 heavy (non-hydrogen) atoms. The Morgan fingerprint density at radius 2 is 1.97 bits per heavy atom. The van der Waals surface area contributed by atoms with Gasteiger partial charge in [0.05, 0.1) is 29.9 Å². The van der Waals surface area contributed by atoms with Crippen molar-refractivity contribution in [3.05, 3.63) is 52.0 Å². The number of rotatable bonds is 6. The van der Waals surface area contributed by atoms with E-state index in [9.17, 15) is 9.59 Å². The Labute approximate surface area is 178 Å². The number of benzene rings is 2. The molecule has 0 radical (unpaired) electrons. The highest BCUT2D eigenvalue weighted by atomic mass is 35.5. The van der Waals surface area contributed by atoms with Crippen LogP contribution in [0, 0.1) is 0 Å². The fraction of sp³-hybridized carbons (Fsp3) is 0.300. The van der Waals surface area contributed by atoms with E-state index in [1.807, 2.05) is 24.3 Å². The van der Waals surface area contributed by atoms with E-state index >= 15 is 0 Å². The first-order valence-corrected chi connectivity index (χ1v) is 9.57. The second-order valence-electron chi connectivity index (χ2n) is 6.54. The third kappa shape index (κ3) is 5.32. The van der Waals surface area contributed by atoms with Crippen LogP contribution in [0.4, 0.5) is 5.69 Å². The smallest absolute Gasteiger partial charge is 0.340 e. The summed E-state index contributed by atoms with van der Waals surface area (Å²) in [5.74, 6) is 0.387. The van der Waals surface area contributed by atoms with Gasteiger partial charge in [-0.1, -0.05) is 35.3 Å². The maximum Gasteiger partial charge on any atom is 0.340 e. The van der Waals surface area contributed by atoms with Gasteiger partial charge in [-0.25, -0.2) is 4.79 Å². The lowest BCUT2D eigenvalue weighted by Crippen LogP contribution is -2.42. The van der Waals surface area contributed by atoms with Gasteiger partial charge in [0.25, 0.3) is 0 Å². The average Bonchev–Trinajstić information content (AvgIpc) is 2.69. The van der Waals surface area contributed by atoms with Crippen molar-refractivity contribution in [3.8, 4) is 11.5 Å². The van der Waals surface area contributed by atoms with Gasteiger partial charge in [-0.2, -0.15) is 0 Å². The minimum Gasteiger partial charge on any atom is -0.486 e. The molecule has 0 unspecified atom stereocenters. The minimum atomic E-state index is -0.649. The number of nitrogens with one attached hydrogen (secondary N) is 1. The second-order valence-corrected chi connectivity index (χ2v) is 7.39. The number of likely N-dealkylation sites (N-methyl/N-ethyl adjacent to an activating group) is 1. The molecular weight excluding hydrogens is 419 g/mol. The average molecular weight is 439 g/mol. The Morgan fingerprint density at radius 3 is 2.69 bits per heavy atom. The number of esters is 1. The molecule has 1 N–H and O–H groups in total. The molecule has 1 heterocycles. The number of hydrogen-bond acceptors (Lipinski definition) is 6. The molecule has 3 rings (SSSR count). The second kappa shape index (κ2) is 9.35. The number of methoxy groups -OCH3 is 1. The topological polar surface area (TPSA) is 77.1 Å². The highest BCUT2D eigenvalue weighted by Crippen LogP contribution is 2.32. The Kier molecular flexibility index (Phi) is 6.84. The van der Waals surface area contributed by atoms with Crippen molar-refractivity contribution in [2.75, 3.05) is 39.2 Å². The van der Waals surface area contributed by atoms with E-state index < -0.39 is 5.97 Å². The van der Waals surface area contributed by atoms with Gasteiger partial charge in [-0.3, -0.25) is 9.69 Å². The highest BCUT2D eigenvalue weighted by molar-refractivity contribution is 6.37. The van der Waals surface area contributed by atoms with Gasteiger partial charge in [-0.05, 0) is 31.3 Å². The number of hydrogen-bond donors (Lipinski definition) is 1. The summed E-state index contributed by atoms with van der Waals surface area (Å²) in [4.78, 5) is 26.3. The van der Waals surface area contributed by atoms with Crippen molar-refractivity contribution in [3.63, 3.8) is 0 Å². The molecule has 2 aromatic carbocycles. The predicted molar refractivity (Wildman–Crippen MR) is 110 cm³/mol. The molecule has 1 aliphatic heterocycles. The van der Waals surface area contributed by atoms with Crippen LogP contribution in [-0.2, 0) is 9.53 Å². The lowest BCUT2D eigenvalue weighted by molar-refractivity contribution is -0.117. The number of nitrogens with zero attached hydrogens (tertiary/aromatic N) is 1. The van der Waals surface area contributed by atoms with Crippen LogP contribution >= 0.6 is 23.2 Å². The summed E-state index contributed by atoms with van der Waals surface area (Å²) in [6.07, 6.45) is -0.215. The maximum absolute atomic E-state index is 12.5. The number of amides is 1. The largest absolute Gasteiger partial charge is 0.486 e. The van der Waals surface area contributed by atoms with Crippen molar-refractivity contribution >= 4 is 40.8 Å². The molecule has 0 saturated heterocycles. The molecule has 1 amide bonds. The SMILES string of the molecule is COC(=O)c1cc(Cl)cc(Cl)c1NC(=O)CN(C)C[C@H]1COc2ccccc2O1. The summed E-state index contributed by atoms with van der Waals surface area (Å²) in [6, 6.07) is 10.3. The molecule has 9 heteroatoms. The number of ether oxygens (including phenoxy) is 3. The van der Waals surface area contributed by atoms with Gasteiger partial charge in [0.2, 0.25) is 5.91 Å². The maximum atomic E-state index is 12.5. The molecule has 0 aromatic heterocycles. The molecular formula is C20H20Cl2N2O5. The van der Waals surface area contributed by atoms with E-state index in [1.165, 1.54) is 19.2 Å². The molecule has 2 aromatic rings. The predicted octanol–water partition coefficient (Wildman–Crippen LogP) is 3.49. The summed E-state index contributed by atoms with van der Waals surface area (Å²) in [5, 5.41) is 3.07. The molecule has 0 saturated carbocycles. The van der Waals surface area contributed by atoms with E-state index in [0.29, 0.717) is 24.7 Å². The Hall–Kier alpha value is -2.48. The number of carbonyl (C=O) groups excluding carboxylic acids is 2. The van der Waals surface area contributed by atoms with Crippen LogP contribution < -0.4 is 14.8 Å². The van der Waals surface area contributed by atoms with E-state index in [2.05, 4.69) is 5.32 Å². The summed E-state index contributed by atoms with van der Waals surface area (Å²) >= 11 is 12.1. The highest BCUT2D eigenvalue weighted by Gasteiger charge is 2.23. The first kappa shape index (κ1) is 21.2. The normalized spacial score (nSPS) is 15.1. The van der Waals surface area contributed by atoms with Crippen LogP contribution in [0.3, 0.4) is 0 Å². The van der Waals surface area contributed by atoms with Crippen LogP contribution in [0.15, 0.2) is 36.4 Å². The third-order valence-corrected chi connectivity index (χ3v) is 4.74. The van der Waals surface area contributed by atoms with E-state index in [1.54, 1.807) is 11.9 Å². The fourth-order valence-electron chi connectivity index (χ4n) is 2.96. The lowest BCUT2D eigenvalue weighted by Gasteiger charge is -2.29. The third-order valence-electron chi connectivity index (χ3n) is 4.22. The zero-order valence-corrected chi connectivity index (χ0v) is 17.4. The van der Waals surface area contributed by atoms with Crippen molar-refractivity contribution in [2.24, 2.45) is 0 Å². The molecule has 1 atom stereocenters. The van der Waals surface area contributed by atoms with Crippen molar-refractivity contribution < 1.29 is 23.8 Å². The number of anilines is 1. The van der Waals surface area contributed by atoms with Gasteiger partial charge in [0, 0.05) is 11.6 Å². The molecule has 0 bridgehead atoms. The first-order valence-electron chi connectivity index (χ1n) is 8.81. The Bertz CT molecular complexity index is 922. The van der Waals surface area contributed by atoms with Crippen molar-refractivity contribution in [1.29, 1.82) is 0 Å². The van der Waals surface area contributed by atoms with Crippen LogP contribution in [0.1, 0.15) is 10.4 Å². The number of fused-ring (bicyclic) bond motifs is 1. The molecule has 154 valence electrons. The van der Waals surface area contributed by atoms with Gasteiger partial charge in [-0.15, -0.1) is 0 Å². The molecule has 0 fully saturated rings. The van der Waals surface area contributed by atoms with Gasteiger partial charge < -0.3 is 19.5 Å². The number of para-hydroxylation sites is 2. The lowest BCUT2D eigenvalue weighted by atomic mass is 10.1. The van der Waals surface area contributed by atoms with Gasteiger partial charge in [0.1, 0.15) is 12.7 Å². The number of halogens is 2. The van der Waals surface area contributed by atoms with Crippen LogP contribution in [-0.4, -0.2) is 56.7 Å². The van der Waals surface area contributed by atoms with Crippen LogP contribution in [0.2, 0.25) is 10.0 Å². The summed E-state index contributed by atoms with van der Waals surface area (Å²) in [6.45, 7) is 0.916. The Balaban J connectivity index is 1.61. The quantitative estimate of drug-likeness (QED) is 0.695. The summed E-state index contributed by atoms with van der Waals surface area (Å²) < 4.78 is 16.3. The zero-order chi connectivity index (χ0) is 21.0. The molecule has 0 aliphatic carbocycles. The van der Waals surface area contributed by atoms with Crippen molar-refractivity contribution in [2.45, 2.75) is 6.10 Å². The first-order chi connectivity index (χ1) is 13.9. The van der Waals surface area contributed by atoms with Crippen molar-refractivity contribution in [1.82, 2.24) is 4.90 Å². The molecule has 1 aliphatic rings. The van der Waals surface area contributed by atoms with Gasteiger partial charge in [0.15, 0.2) is 11.5 Å². The van der Waals surface area contributed by atoms with E-state index in [0.717, 1.165) is 0 Å². The van der Waals surface area contributed by atoms with Crippen LogP contribution in [0.5, 0.6) is 11.5 Å². The monoisotopic (exact) mass is 438 g/mol.